The number of H-pyrrole nitrogens is 2. The minimum atomic E-state index is -0.0709. The Morgan fingerprint density at radius 3 is 2.43 bits per heavy atom. The number of carbonyl (C=O) groups excluding carboxylic acids is 1. The summed E-state index contributed by atoms with van der Waals surface area (Å²) in [7, 11) is 0. The molecule has 0 unspecified atom stereocenters. The van der Waals surface area contributed by atoms with Crippen LogP contribution in [0.4, 0.5) is 0 Å². The second-order valence-electron chi connectivity index (χ2n) is 7.51. The number of carbonyl (C=O) groups is 1. The van der Waals surface area contributed by atoms with Crippen LogP contribution in [0.25, 0.3) is 21.9 Å². The molecule has 1 saturated heterocycles. The summed E-state index contributed by atoms with van der Waals surface area (Å²) in [6, 6.07) is 15.8. The van der Waals surface area contributed by atoms with Gasteiger partial charge in [0.1, 0.15) is 0 Å². The quantitative estimate of drug-likeness (QED) is 0.563. The van der Waals surface area contributed by atoms with Crippen LogP contribution in [0.2, 0.25) is 0 Å². The number of aromatic nitrogens is 3. The number of benzene rings is 2. The molecule has 4 aromatic rings. The van der Waals surface area contributed by atoms with E-state index in [1.165, 1.54) is 0 Å². The summed E-state index contributed by atoms with van der Waals surface area (Å²) in [5, 5.41) is 0.972. The second kappa shape index (κ2) is 6.41. The standard InChI is InChI=1S/C22H22N4O2/c1-14-20(16-6-2-3-7-17(16)23-14)21(27)25-12-10-15(11-13-25)26-19-9-5-4-8-18(19)24-22(26)28/h2-9,15,23H,10-13H2,1H3,(H,24,28). The van der Waals surface area contributed by atoms with Gasteiger partial charge in [-0.1, -0.05) is 30.3 Å². The highest BCUT2D eigenvalue weighted by molar-refractivity contribution is 6.08. The zero-order chi connectivity index (χ0) is 19.3. The van der Waals surface area contributed by atoms with Gasteiger partial charge in [0.05, 0.1) is 16.6 Å². The highest BCUT2D eigenvalue weighted by Crippen LogP contribution is 2.28. The molecule has 0 bridgehead atoms. The first-order valence-electron chi connectivity index (χ1n) is 9.69. The van der Waals surface area contributed by atoms with Gasteiger partial charge in [0.2, 0.25) is 0 Å². The van der Waals surface area contributed by atoms with Crippen LogP contribution in [0.5, 0.6) is 0 Å². The summed E-state index contributed by atoms with van der Waals surface area (Å²) in [5.41, 5.74) is 4.38. The predicted molar refractivity (Wildman–Crippen MR) is 110 cm³/mol. The van der Waals surface area contributed by atoms with Crippen molar-refractivity contribution in [3.05, 3.63) is 70.3 Å². The Balaban J connectivity index is 1.40. The zero-order valence-corrected chi connectivity index (χ0v) is 15.7. The van der Waals surface area contributed by atoms with E-state index in [1.807, 2.05) is 64.9 Å². The number of aromatic amines is 2. The fourth-order valence-corrected chi connectivity index (χ4v) is 4.47. The summed E-state index contributed by atoms with van der Waals surface area (Å²) < 4.78 is 1.86. The van der Waals surface area contributed by atoms with Crippen molar-refractivity contribution in [1.82, 2.24) is 19.4 Å². The molecule has 3 heterocycles. The number of rotatable bonds is 2. The monoisotopic (exact) mass is 374 g/mol. The molecule has 1 aliphatic rings. The number of imidazole rings is 1. The van der Waals surface area contributed by atoms with E-state index in [9.17, 15) is 9.59 Å². The van der Waals surface area contributed by atoms with Gasteiger partial charge in [0.25, 0.3) is 5.91 Å². The Hall–Kier alpha value is -3.28. The van der Waals surface area contributed by atoms with E-state index < -0.39 is 0 Å². The first-order valence-corrected chi connectivity index (χ1v) is 9.69. The zero-order valence-electron chi connectivity index (χ0n) is 15.7. The van der Waals surface area contributed by atoms with E-state index in [0.717, 1.165) is 46.0 Å². The van der Waals surface area contributed by atoms with Crippen molar-refractivity contribution in [3.8, 4) is 0 Å². The van der Waals surface area contributed by atoms with Crippen molar-refractivity contribution in [2.45, 2.75) is 25.8 Å². The molecule has 0 saturated carbocycles. The molecule has 6 nitrogen and oxygen atoms in total. The third kappa shape index (κ3) is 2.56. The molecular formula is C22H22N4O2. The summed E-state index contributed by atoms with van der Waals surface area (Å²) >= 11 is 0. The molecule has 0 atom stereocenters. The van der Waals surface area contributed by atoms with Crippen LogP contribution in [-0.2, 0) is 0 Å². The molecule has 1 fully saturated rings. The normalized spacial score (nSPS) is 15.5. The van der Waals surface area contributed by atoms with Gasteiger partial charge in [-0.25, -0.2) is 4.79 Å². The molecule has 5 rings (SSSR count). The van der Waals surface area contributed by atoms with Crippen LogP contribution in [-0.4, -0.2) is 38.4 Å². The lowest BCUT2D eigenvalue weighted by atomic mass is 10.0. The molecular weight excluding hydrogens is 352 g/mol. The number of fused-ring (bicyclic) bond motifs is 2. The number of hydrogen-bond acceptors (Lipinski definition) is 2. The minimum Gasteiger partial charge on any atom is -0.358 e. The lowest BCUT2D eigenvalue weighted by Crippen LogP contribution is -2.40. The van der Waals surface area contributed by atoms with Crippen LogP contribution >= 0.6 is 0 Å². The summed E-state index contributed by atoms with van der Waals surface area (Å²) in [4.78, 5) is 33.8. The van der Waals surface area contributed by atoms with Gasteiger partial charge in [-0.3, -0.25) is 9.36 Å². The number of likely N-dealkylation sites (tertiary alicyclic amines) is 1. The number of amides is 1. The van der Waals surface area contributed by atoms with Crippen molar-refractivity contribution in [1.29, 1.82) is 0 Å². The number of aryl methyl sites for hydroxylation is 1. The van der Waals surface area contributed by atoms with E-state index in [2.05, 4.69) is 9.97 Å². The van der Waals surface area contributed by atoms with E-state index in [1.54, 1.807) is 0 Å². The van der Waals surface area contributed by atoms with Crippen molar-refractivity contribution >= 4 is 27.8 Å². The van der Waals surface area contributed by atoms with Crippen LogP contribution in [0, 0.1) is 6.92 Å². The third-order valence-electron chi connectivity index (χ3n) is 5.85. The van der Waals surface area contributed by atoms with Crippen molar-refractivity contribution in [3.63, 3.8) is 0 Å². The first-order chi connectivity index (χ1) is 13.6. The largest absolute Gasteiger partial charge is 0.358 e. The van der Waals surface area contributed by atoms with Crippen molar-refractivity contribution < 1.29 is 4.79 Å². The number of nitrogens with zero attached hydrogens (tertiary/aromatic N) is 2. The molecule has 1 aliphatic heterocycles. The maximum atomic E-state index is 13.2. The van der Waals surface area contributed by atoms with Crippen molar-refractivity contribution in [2.75, 3.05) is 13.1 Å². The molecule has 2 aromatic heterocycles. The van der Waals surface area contributed by atoms with Crippen LogP contribution < -0.4 is 5.69 Å². The molecule has 6 heteroatoms. The minimum absolute atomic E-state index is 0.0691. The topological polar surface area (TPSA) is 73.9 Å². The molecule has 2 aromatic carbocycles. The number of hydrogen-bond donors (Lipinski definition) is 2. The van der Waals surface area contributed by atoms with E-state index in [4.69, 9.17) is 0 Å². The smallest absolute Gasteiger partial charge is 0.326 e. The number of piperidine rings is 1. The average molecular weight is 374 g/mol. The Morgan fingerprint density at radius 1 is 0.964 bits per heavy atom. The first kappa shape index (κ1) is 16.9. The van der Waals surface area contributed by atoms with Gasteiger partial charge in [0, 0.05) is 35.7 Å². The summed E-state index contributed by atoms with van der Waals surface area (Å²) in [6.07, 6.45) is 1.55. The Labute approximate surface area is 161 Å². The number of nitrogens with one attached hydrogen (secondary N) is 2. The van der Waals surface area contributed by atoms with Crippen molar-refractivity contribution in [2.24, 2.45) is 0 Å². The fourth-order valence-electron chi connectivity index (χ4n) is 4.47. The molecule has 0 radical (unpaired) electrons. The van der Waals surface area contributed by atoms with E-state index in [-0.39, 0.29) is 17.6 Å². The third-order valence-corrected chi connectivity index (χ3v) is 5.85. The molecule has 0 aliphatic carbocycles. The maximum Gasteiger partial charge on any atom is 0.326 e. The molecule has 142 valence electrons. The summed E-state index contributed by atoms with van der Waals surface area (Å²) in [6.45, 7) is 3.24. The summed E-state index contributed by atoms with van der Waals surface area (Å²) in [5.74, 6) is 0.0691. The fraction of sp³-hybridized carbons (Fsp3) is 0.273. The van der Waals surface area contributed by atoms with Gasteiger partial charge in [-0.05, 0) is 38.0 Å². The number of para-hydroxylation sites is 3. The Bertz CT molecular complexity index is 1240. The lowest BCUT2D eigenvalue weighted by molar-refractivity contribution is 0.0696. The SMILES string of the molecule is Cc1[nH]c2ccccc2c1C(=O)N1CCC(n2c(=O)[nH]c3ccccc32)CC1. The molecule has 2 N–H and O–H groups in total. The second-order valence-corrected chi connectivity index (χ2v) is 7.51. The van der Waals surface area contributed by atoms with Gasteiger partial charge < -0.3 is 14.9 Å². The lowest BCUT2D eigenvalue weighted by Gasteiger charge is -2.32. The maximum absolute atomic E-state index is 13.2. The van der Waals surface area contributed by atoms with Gasteiger partial charge >= 0.3 is 5.69 Å². The Kier molecular flexibility index (Phi) is 3.86. The van der Waals surface area contributed by atoms with Gasteiger partial charge in [-0.2, -0.15) is 0 Å². The average Bonchev–Trinajstić information content (AvgIpc) is 3.22. The van der Waals surface area contributed by atoms with Gasteiger partial charge in [0.15, 0.2) is 0 Å². The van der Waals surface area contributed by atoms with E-state index >= 15 is 0 Å². The molecule has 28 heavy (non-hydrogen) atoms. The highest BCUT2D eigenvalue weighted by Gasteiger charge is 2.28. The van der Waals surface area contributed by atoms with Crippen LogP contribution in [0.15, 0.2) is 53.3 Å². The Morgan fingerprint density at radius 2 is 1.64 bits per heavy atom. The predicted octanol–water partition coefficient (Wildman–Crippen LogP) is 3.60. The van der Waals surface area contributed by atoms with Gasteiger partial charge in [-0.15, -0.1) is 0 Å². The van der Waals surface area contributed by atoms with E-state index in [0.29, 0.717) is 13.1 Å². The highest BCUT2D eigenvalue weighted by atomic mass is 16.2. The molecule has 1 amide bonds. The van der Waals surface area contributed by atoms with Crippen LogP contribution in [0.3, 0.4) is 0 Å². The molecule has 0 spiro atoms. The van der Waals surface area contributed by atoms with Crippen LogP contribution in [0.1, 0.15) is 34.9 Å².